The van der Waals surface area contributed by atoms with Gasteiger partial charge in [-0.05, 0) is 11.8 Å². The first kappa shape index (κ1) is 7.56. The van der Waals surface area contributed by atoms with Crippen LogP contribution >= 0.6 is 0 Å². The fourth-order valence-electron chi connectivity index (χ4n) is 2.35. The molecule has 2 aliphatic rings. The number of hydrogen-bond acceptors (Lipinski definition) is 2. The lowest BCUT2D eigenvalue weighted by molar-refractivity contribution is -0.127. The summed E-state index contributed by atoms with van der Waals surface area (Å²) in [6.07, 6.45) is 1.15. The Balaban J connectivity index is 2.18. The Morgan fingerprint density at radius 1 is 1.18 bits per heavy atom. The summed E-state index contributed by atoms with van der Waals surface area (Å²) < 4.78 is 5.22. The van der Waals surface area contributed by atoms with Gasteiger partial charge in [0, 0.05) is 11.0 Å². The predicted octanol–water partition coefficient (Wildman–Crippen LogP) is 1.15. The molecular weight excluding hydrogens is 138 g/mol. The summed E-state index contributed by atoms with van der Waals surface area (Å²) >= 11 is 0. The monoisotopic (exact) mass is 155 g/mol. The third-order valence-corrected chi connectivity index (χ3v) is 3.72. The molecule has 0 bridgehead atoms. The van der Waals surface area contributed by atoms with Crippen LogP contribution in [0.5, 0.6) is 0 Å². The van der Waals surface area contributed by atoms with Crippen LogP contribution in [0.2, 0.25) is 0 Å². The van der Waals surface area contributed by atoms with Crippen molar-refractivity contribution in [3.8, 4) is 0 Å². The molecule has 0 radical (unpaired) electrons. The summed E-state index contributed by atoms with van der Waals surface area (Å²) in [5, 5.41) is 0. The number of hydrogen-bond donors (Lipinski definition) is 1. The molecule has 2 heteroatoms. The SMILES string of the molecule is CC1(C)CC1(N)C1(C)COC1. The Labute approximate surface area is 68.1 Å². The quantitative estimate of drug-likeness (QED) is 0.616. The normalized spacial score (nSPS) is 44.7. The Bertz CT molecular complexity index is 196. The van der Waals surface area contributed by atoms with Gasteiger partial charge < -0.3 is 10.5 Å². The second-order valence-corrected chi connectivity index (χ2v) is 5.09. The van der Waals surface area contributed by atoms with Crippen molar-refractivity contribution in [1.29, 1.82) is 0 Å². The molecule has 0 aromatic carbocycles. The summed E-state index contributed by atoms with van der Waals surface area (Å²) in [4.78, 5) is 0. The van der Waals surface area contributed by atoms with E-state index in [0.29, 0.717) is 5.41 Å². The van der Waals surface area contributed by atoms with Gasteiger partial charge in [0.25, 0.3) is 0 Å². The lowest BCUT2D eigenvalue weighted by Crippen LogP contribution is -2.57. The van der Waals surface area contributed by atoms with E-state index in [0.717, 1.165) is 19.6 Å². The molecule has 2 fully saturated rings. The maximum Gasteiger partial charge on any atom is 0.0560 e. The zero-order valence-corrected chi connectivity index (χ0v) is 7.61. The van der Waals surface area contributed by atoms with Crippen LogP contribution < -0.4 is 5.73 Å². The minimum Gasteiger partial charge on any atom is -0.380 e. The third kappa shape index (κ3) is 0.695. The molecule has 2 rings (SSSR count). The van der Waals surface area contributed by atoms with Crippen molar-refractivity contribution in [3.63, 3.8) is 0 Å². The van der Waals surface area contributed by atoms with Crippen LogP contribution in [0.4, 0.5) is 0 Å². The van der Waals surface area contributed by atoms with Gasteiger partial charge in [-0.2, -0.15) is 0 Å². The molecule has 1 saturated carbocycles. The van der Waals surface area contributed by atoms with Crippen molar-refractivity contribution in [2.75, 3.05) is 13.2 Å². The van der Waals surface area contributed by atoms with Gasteiger partial charge >= 0.3 is 0 Å². The van der Waals surface area contributed by atoms with Crippen LogP contribution in [-0.2, 0) is 4.74 Å². The molecule has 0 spiro atoms. The van der Waals surface area contributed by atoms with Crippen LogP contribution in [0, 0.1) is 10.8 Å². The second-order valence-electron chi connectivity index (χ2n) is 5.09. The van der Waals surface area contributed by atoms with Crippen molar-refractivity contribution in [2.45, 2.75) is 32.7 Å². The molecule has 2 N–H and O–H groups in total. The molecule has 0 aromatic rings. The Hall–Kier alpha value is -0.0800. The van der Waals surface area contributed by atoms with Gasteiger partial charge in [-0.1, -0.05) is 20.8 Å². The van der Waals surface area contributed by atoms with Crippen molar-refractivity contribution in [1.82, 2.24) is 0 Å². The van der Waals surface area contributed by atoms with Crippen LogP contribution in [0.25, 0.3) is 0 Å². The second kappa shape index (κ2) is 1.64. The molecule has 1 unspecified atom stereocenters. The van der Waals surface area contributed by atoms with Crippen molar-refractivity contribution in [3.05, 3.63) is 0 Å². The minimum absolute atomic E-state index is 0.0538. The summed E-state index contributed by atoms with van der Waals surface area (Å²) in [7, 11) is 0. The molecular formula is C9H17NO. The standard InChI is InChI=1S/C9H17NO/c1-7(2)4-9(7,10)8(3)5-11-6-8/h4-6,10H2,1-3H3. The van der Waals surface area contributed by atoms with E-state index in [-0.39, 0.29) is 11.0 Å². The molecule has 1 heterocycles. The molecule has 0 amide bonds. The van der Waals surface area contributed by atoms with E-state index < -0.39 is 0 Å². The highest BCUT2D eigenvalue weighted by Crippen LogP contribution is 2.64. The molecule has 1 aliphatic carbocycles. The maximum absolute atomic E-state index is 6.28. The highest BCUT2D eigenvalue weighted by molar-refractivity contribution is 5.24. The smallest absolute Gasteiger partial charge is 0.0560 e. The van der Waals surface area contributed by atoms with Crippen molar-refractivity contribution >= 4 is 0 Å². The van der Waals surface area contributed by atoms with Gasteiger partial charge in [0.05, 0.1) is 13.2 Å². The van der Waals surface area contributed by atoms with Gasteiger partial charge in [-0.3, -0.25) is 0 Å². The first-order chi connectivity index (χ1) is 4.91. The third-order valence-electron chi connectivity index (χ3n) is 3.72. The molecule has 0 aromatic heterocycles. The van der Waals surface area contributed by atoms with Crippen molar-refractivity contribution in [2.24, 2.45) is 16.6 Å². The first-order valence-electron chi connectivity index (χ1n) is 4.28. The largest absolute Gasteiger partial charge is 0.380 e. The fourth-order valence-corrected chi connectivity index (χ4v) is 2.35. The topological polar surface area (TPSA) is 35.2 Å². The van der Waals surface area contributed by atoms with Crippen molar-refractivity contribution < 1.29 is 4.74 Å². The van der Waals surface area contributed by atoms with E-state index in [2.05, 4.69) is 20.8 Å². The summed E-state index contributed by atoms with van der Waals surface area (Å²) in [6.45, 7) is 8.44. The maximum atomic E-state index is 6.28. The Kier molecular flexibility index (Phi) is 1.13. The van der Waals surface area contributed by atoms with Crippen LogP contribution in [0.15, 0.2) is 0 Å². The highest BCUT2D eigenvalue weighted by atomic mass is 16.5. The summed E-state index contributed by atoms with van der Waals surface area (Å²) in [5.41, 5.74) is 6.94. The van der Waals surface area contributed by atoms with Crippen LogP contribution in [0.3, 0.4) is 0 Å². The van der Waals surface area contributed by atoms with E-state index in [1.54, 1.807) is 0 Å². The molecule has 1 aliphatic heterocycles. The predicted molar refractivity (Wildman–Crippen MR) is 44.2 cm³/mol. The Morgan fingerprint density at radius 2 is 1.64 bits per heavy atom. The molecule has 64 valence electrons. The van der Waals surface area contributed by atoms with E-state index >= 15 is 0 Å². The van der Waals surface area contributed by atoms with E-state index in [9.17, 15) is 0 Å². The zero-order chi connectivity index (χ0) is 8.33. The van der Waals surface area contributed by atoms with Crippen LogP contribution in [0.1, 0.15) is 27.2 Å². The van der Waals surface area contributed by atoms with Gasteiger partial charge in [0.2, 0.25) is 0 Å². The van der Waals surface area contributed by atoms with E-state index in [1.807, 2.05) is 0 Å². The van der Waals surface area contributed by atoms with E-state index in [1.165, 1.54) is 0 Å². The summed E-state index contributed by atoms with van der Waals surface area (Å²) in [6, 6.07) is 0. The van der Waals surface area contributed by atoms with E-state index in [4.69, 9.17) is 10.5 Å². The van der Waals surface area contributed by atoms with Gasteiger partial charge in [-0.25, -0.2) is 0 Å². The average molecular weight is 155 g/mol. The van der Waals surface area contributed by atoms with Gasteiger partial charge in [0.15, 0.2) is 0 Å². The first-order valence-corrected chi connectivity index (χ1v) is 4.28. The average Bonchev–Trinajstić information content (AvgIpc) is 2.28. The van der Waals surface area contributed by atoms with Gasteiger partial charge in [0.1, 0.15) is 0 Å². The molecule has 11 heavy (non-hydrogen) atoms. The number of rotatable bonds is 1. The molecule has 2 nitrogen and oxygen atoms in total. The lowest BCUT2D eigenvalue weighted by atomic mass is 9.75. The lowest BCUT2D eigenvalue weighted by Gasteiger charge is -2.45. The fraction of sp³-hybridized carbons (Fsp3) is 1.00. The van der Waals surface area contributed by atoms with Gasteiger partial charge in [-0.15, -0.1) is 0 Å². The highest BCUT2D eigenvalue weighted by Gasteiger charge is 2.69. The summed E-state index contributed by atoms with van der Waals surface area (Å²) in [5.74, 6) is 0. The molecule has 1 atom stereocenters. The Morgan fingerprint density at radius 3 is 1.73 bits per heavy atom. The minimum atomic E-state index is 0.0538. The number of nitrogens with two attached hydrogens (primary N) is 1. The molecule has 1 saturated heterocycles. The van der Waals surface area contributed by atoms with Crippen LogP contribution in [-0.4, -0.2) is 18.8 Å². The number of ether oxygens (including phenoxy) is 1. The zero-order valence-electron chi connectivity index (χ0n) is 7.61.